The van der Waals surface area contributed by atoms with Crippen LogP contribution >= 0.6 is 0 Å². The molecular formula is C15H18N2O3. The zero-order chi connectivity index (χ0) is 14.9. The van der Waals surface area contributed by atoms with Crippen LogP contribution < -0.4 is 11.2 Å². The Bertz CT molecular complexity index is 734. The number of rotatable bonds is 3. The van der Waals surface area contributed by atoms with Crippen molar-refractivity contribution in [2.45, 2.75) is 33.6 Å². The summed E-state index contributed by atoms with van der Waals surface area (Å²) in [6.07, 6.45) is 1.46. The molecule has 0 fully saturated rings. The van der Waals surface area contributed by atoms with Crippen molar-refractivity contribution in [3.8, 4) is 11.6 Å². The number of hydrogen-bond donors (Lipinski definition) is 2. The second kappa shape index (κ2) is 5.36. The molecule has 0 radical (unpaired) electrons. The summed E-state index contributed by atoms with van der Waals surface area (Å²) in [4.78, 5) is 25.9. The summed E-state index contributed by atoms with van der Waals surface area (Å²) in [5.74, 6) is -0.297. The highest BCUT2D eigenvalue weighted by Crippen LogP contribution is 2.24. The van der Waals surface area contributed by atoms with Crippen molar-refractivity contribution in [1.29, 1.82) is 0 Å². The fourth-order valence-corrected chi connectivity index (χ4v) is 2.32. The molecule has 0 spiro atoms. The summed E-state index contributed by atoms with van der Waals surface area (Å²) in [5.41, 5.74) is 1.53. The Morgan fingerprint density at radius 3 is 2.20 bits per heavy atom. The third kappa shape index (κ3) is 2.15. The van der Waals surface area contributed by atoms with E-state index >= 15 is 0 Å². The average molecular weight is 274 g/mol. The number of H-pyrrole nitrogens is 1. The highest BCUT2D eigenvalue weighted by atomic mass is 16.3. The molecule has 0 saturated carbocycles. The first-order valence-corrected chi connectivity index (χ1v) is 6.67. The van der Waals surface area contributed by atoms with Gasteiger partial charge in [0.1, 0.15) is 0 Å². The second-order valence-corrected chi connectivity index (χ2v) is 4.68. The van der Waals surface area contributed by atoms with Crippen LogP contribution in [-0.2, 0) is 12.8 Å². The van der Waals surface area contributed by atoms with E-state index in [9.17, 15) is 14.7 Å². The number of para-hydroxylation sites is 1. The molecular weight excluding hydrogens is 256 g/mol. The summed E-state index contributed by atoms with van der Waals surface area (Å²) < 4.78 is 1.19. The summed E-state index contributed by atoms with van der Waals surface area (Å²) >= 11 is 0. The predicted molar refractivity (Wildman–Crippen MR) is 77.8 cm³/mol. The van der Waals surface area contributed by atoms with Gasteiger partial charge in [-0.2, -0.15) is 0 Å². The van der Waals surface area contributed by atoms with Crippen molar-refractivity contribution < 1.29 is 5.11 Å². The lowest BCUT2D eigenvalue weighted by Crippen LogP contribution is -2.31. The highest BCUT2D eigenvalue weighted by Gasteiger charge is 2.16. The lowest BCUT2D eigenvalue weighted by molar-refractivity contribution is 0.425. The van der Waals surface area contributed by atoms with Crippen molar-refractivity contribution in [2.75, 3.05) is 0 Å². The molecule has 2 N–H and O–H groups in total. The fourth-order valence-electron chi connectivity index (χ4n) is 2.32. The third-order valence-corrected chi connectivity index (χ3v) is 3.50. The maximum Gasteiger partial charge on any atom is 0.335 e. The molecule has 0 aliphatic heterocycles. The minimum atomic E-state index is -0.617. The van der Waals surface area contributed by atoms with E-state index in [1.54, 1.807) is 0 Å². The van der Waals surface area contributed by atoms with Gasteiger partial charge < -0.3 is 5.11 Å². The van der Waals surface area contributed by atoms with Crippen LogP contribution in [0.5, 0.6) is 5.88 Å². The van der Waals surface area contributed by atoms with E-state index in [0.717, 1.165) is 24.0 Å². The van der Waals surface area contributed by atoms with Gasteiger partial charge in [-0.05, 0) is 30.9 Å². The van der Waals surface area contributed by atoms with E-state index in [-0.39, 0.29) is 11.4 Å². The topological polar surface area (TPSA) is 75.1 Å². The largest absolute Gasteiger partial charge is 0.494 e. The van der Waals surface area contributed by atoms with Gasteiger partial charge in [0.2, 0.25) is 5.88 Å². The number of aryl methyl sites for hydroxylation is 2. The zero-order valence-electron chi connectivity index (χ0n) is 11.9. The van der Waals surface area contributed by atoms with Gasteiger partial charge in [-0.15, -0.1) is 0 Å². The molecule has 2 aromatic rings. The van der Waals surface area contributed by atoms with Gasteiger partial charge in [-0.1, -0.05) is 32.0 Å². The maximum atomic E-state index is 12.1. The van der Waals surface area contributed by atoms with Gasteiger partial charge >= 0.3 is 5.69 Å². The van der Waals surface area contributed by atoms with Crippen LogP contribution in [0.3, 0.4) is 0 Å². The van der Waals surface area contributed by atoms with Crippen molar-refractivity contribution in [2.24, 2.45) is 0 Å². The molecule has 1 aromatic heterocycles. The average Bonchev–Trinajstić information content (AvgIpc) is 2.45. The molecule has 2 rings (SSSR count). The Balaban J connectivity index is 2.92. The molecule has 0 unspecified atom stereocenters. The normalized spacial score (nSPS) is 10.8. The second-order valence-electron chi connectivity index (χ2n) is 4.68. The monoisotopic (exact) mass is 274 g/mol. The van der Waals surface area contributed by atoms with E-state index in [2.05, 4.69) is 4.98 Å². The first-order chi connectivity index (χ1) is 9.51. The minimum absolute atomic E-state index is 0.137. The lowest BCUT2D eigenvalue weighted by atomic mass is 10.0. The number of aromatic nitrogens is 2. The number of benzene rings is 1. The minimum Gasteiger partial charge on any atom is -0.494 e. The number of nitrogens with one attached hydrogen (secondary N) is 1. The van der Waals surface area contributed by atoms with Gasteiger partial charge in [0, 0.05) is 0 Å². The van der Waals surface area contributed by atoms with Crippen LogP contribution in [0.1, 0.15) is 30.5 Å². The fraction of sp³-hybridized carbons (Fsp3) is 0.333. The van der Waals surface area contributed by atoms with Crippen LogP contribution in [-0.4, -0.2) is 14.7 Å². The lowest BCUT2D eigenvalue weighted by Gasteiger charge is -2.16. The molecule has 1 heterocycles. The SMILES string of the molecule is CCc1cccc(CC)c1-n1c(O)c(C)c(=O)[nH]c1=O. The summed E-state index contributed by atoms with van der Waals surface area (Å²) in [5, 5.41) is 10.2. The molecule has 0 bridgehead atoms. The zero-order valence-corrected chi connectivity index (χ0v) is 11.9. The molecule has 5 heteroatoms. The number of nitrogens with zero attached hydrogens (tertiary/aromatic N) is 1. The Hall–Kier alpha value is -2.30. The number of aromatic amines is 1. The molecule has 0 amide bonds. The van der Waals surface area contributed by atoms with Gasteiger partial charge in [0.05, 0.1) is 11.3 Å². The van der Waals surface area contributed by atoms with Crippen molar-refractivity contribution in [3.63, 3.8) is 0 Å². The molecule has 5 nitrogen and oxygen atoms in total. The van der Waals surface area contributed by atoms with E-state index in [1.165, 1.54) is 11.5 Å². The van der Waals surface area contributed by atoms with E-state index in [4.69, 9.17) is 0 Å². The summed E-state index contributed by atoms with van der Waals surface area (Å²) in [6, 6.07) is 5.77. The molecule has 0 aliphatic carbocycles. The van der Waals surface area contributed by atoms with Crippen molar-refractivity contribution in [1.82, 2.24) is 9.55 Å². The predicted octanol–water partition coefficient (Wildman–Crippen LogP) is 1.66. The molecule has 106 valence electrons. The van der Waals surface area contributed by atoms with Crippen molar-refractivity contribution in [3.05, 3.63) is 55.7 Å². The maximum absolute atomic E-state index is 12.1. The van der Waals surface area contributed by atoms with Gasteiger partial charge in [-0.25, -0.2) is 9.36 Å². The van der Waals surface area contributed by atoms with Crippen LogP contribution in [0.25, 0.3) is 5.69 Å². The van der Waals surface area contributed by atoms with Gasteiger partial charge in [-0.3, -0.25) is 9.78 Å². The molecule has 0 aliphatic rings. The first kappa shape index (κ1) is 14.1. The van der Waals surface area contributed by atoms with Crippen LogP contribution in [0.4, 0.5) is 0 Å². The Labute approximate surface area is 116 Å². The Morgan fingerprint density at radius 2 is 1.70 bits per heavy atom. The molecule has 1 aromatic carbocycles. The van der Waals surface area contributed by atoms with E-state index in [0.29, 0.717) is 5.69 Å². The van der Waals surface area contributed by atoms with E-state index < -0.39 is 11.2 Å². The summed E-state index contributed by atoms with van der Waals surface area (Å²) in [6.45, 7) is 5.46. The standard InChI is InChI=1S/C15H18N2O3/c1-4-10-7-6-8-11(5-2)12(10)17-14(19)9(3)13(18)16-15(17)20/h6-8,19H,4-5H2,1-3H3,(H,16,18,20). The molecule has 20 heavy (non-hydrogen) atoms. The Morgan fingerprint density at radius 1 is 1.15 bits per heavy atom. The quantitative estimate of drug-likeness (QED) is 0.894. The van der Waals surface area contributed by atoms with Crippen LogP contribution in [0, 0.1) is 6.92 Å². The van der Waals surface area contributed by atoms with Gasteiger partial charge in [0.25, 0.3) is 5.56 Å². The summed E-state index contributed by atoms with van der Waals surface area (Å²) in [7, 11) is 0. The number of hydrogen-bond acceptors (Lipinski definition) is 3. The van der Waals surface area contributed by atoms with Crippen molar-refractivity contribution >= 4 is 0 Å². The number of aromatic hydroxyl groups is 1. The first-order valence-electron chi connectivity index (χ1n) is 6.67. The molecule has 0 atom stereocenters. The van der Waals surface area contributed by atoms with Crippen LogP contribution in [0.15, 0.2) is 27.8 Å². The van der Waals surface area contributed by atoms with Crippen LogP contribution in [0.2, 0.25) is 0 Å². The van der Waals surface area contributed by atoms with E-state index in [1.807, 2.05) is 32.0 Å². The van der Waals surface area contributed by atoms with Gasteiger partial charge in [0.15, 0.2) is 0 Å². The molecule has 0 saturated heterocycles. The third-order valence-electron chi connectivity index (χ3n) is 3.50. The smallest absolute Gasteiger partial charge is 0.335 e. The highest BCUT2D eigenvalue weighted by molar-refractivity contribution is 5.50. The Kier molecular flexibility index (Phi) is 3.79.